The van der Waals surface area contributed by atoms with Gasteiger partial charge < -0.3 is 15.4 Å². The third kappa shape index (κ3) is 5.03. The molecule has 1 rings (SSSR count). The third-order valence-electron chi connectivity index (χ3n) is 3.65. The Hall–Kier alpha value is -0.660. The first-order valence-corrected chi connectivity index (χ1v) is 8.98. The zero-order chi connectivity index (χ0) is 15.2. The summed E-state index contributed by atoms with van der Waals surface area (Å²) in [5, 5.41) is 0. The largest absolute Gasteiger partial charge is 0.383 e. The van der Waals surface area contributed by atoms with E-state index in [2.05, 4.69) is 0 Å². The number of rotatable bonds is 8. The van der Waals surface area contributed by atoms with E-state index in [0.717, 1.165) is 12.8 Å². The van der Waals surface area contributed by atoms with Crippen LogP contribution in [0.4, 0.5) is 0 Å². The maximum Gasteiger partial charge on any atom is 0.239 e. The number of carbonyl (C=O) groups excluding carboxylic acids is 1. The highest BCUT2D eigenvalue weighted by molar-refractivity contribution is 7.91. The van der Waals surface area contributed by atoms with Crippen LogP contribution in [0.15, 0.2) is 0 Å². The van der Waals surface area contributed by atoms with E-state index in [9.17, 15) is 13.2 Å². The fourth-order valence-electron chi connectivity index (χ4n) is 2.44. The summed E-state index contributed by atoms with van der Waals surface area (Å²) in [7, 11) is -1.46. The Morgan fingerprint density at radius 1 is 1.50 bits per heavy atom. The van der Waals surface area contributed by atoms with Gasteiger partial charge >= 0.3 is 0 Å². The molecule has 1 unspecified atom stereocenters. The molecule has 20 heavy (non-hydrogen) atoms. The lowest BCUT2D eigenvalue weighted by Crippen LogP contribution is -2.50. The predicted molar refractivity (Wildman–Crippen MR) is 78.1 cm³/mol. The standard InChI is InChI=1S/C13H26N2O4S/c1-3-4-5-12(14)13(16)15(7-8-19-2)11-6-9-20(17,18)10-11/h11-12H,3-10,14H2,1-2H3/t11?,12-/m0/s1. The highest BCUT2D eigenvalue weighted by Crippen LogP contribution is 2.19. The summed E-state index contributed by atoms with van der Waals surface area (Å²) in [5.74, 6) is 0.0410. The molecule has 0 aromatic carbocycles. The summed E-state index contributed by atoms with van der Waals surface area (Å²) < 4.78 is 28.2. The number of nitrogens with two attached hydrogens (primary N) is 1. The molecule has 118 valence electrons. The zero-order valence-electron chi connectivity index (χ0n) is 12.4. The average molecular weight is 306 g/mol. The Bertz CT molecular complexity index is 411. The van der Waals surface area contributed by atoms with E-state index >= 15 is 0 Å². The summed E-state index contributed by atoms with van der Waals surface area (Å²) in [4.78, 5) is 14.0. The first-order chi connectivity index (χ1) is 9.41. The van der Waals surface area contributed by atoms with Crippen molar-refractivity contribution in [2.45, 2.75) is 44.7 Å². The number of hydrogen-bond donors (Lipinski definition) is 1. The van der Waals surface area contributed by atoms with Gasteiger partial charge in [-0.15, -0.1) is 0 Å². The molecule has 0 aromatic heterocycles. The molecule has 0 aromatic rings. The molecular weight excluding hydrogens is 280 g/mol. The monoisotopic (exact) mass is 306 g/mol. The van der Waals surface area contributed by atoms with E-state index in [1.54, 1.807) is 12.0 Å². The van der Waals surface area contributed by atoms with Gasteiger partial charge in [0.1, 0.15) is 0 Å². The molecule has 0 bridgehead atoms. The van der Waals surface area contributed by atoms with Crippen LogP contribution >= 0.6 is 0 Å². The van der Waals surface area contributed by atoms with E-state index in [-0.39, 0.29) is 23.5 Å². The van der Waals surface area contributed by atoms with Crippen molar-refractivity contribution in [1.29, 1.82) is 0 Å². The van der Waals surface area contributed by atoms with Crippen molar-refractivity contribution in [3.63, 3.8) is 0 Å². The van der Waals surface area contributed by atoms with Gasteiger partial charge in [0.05, 0.1) is 24.2 Å². The average Bonchev–Trinajstić information content (AvgIpc) is 2.76. The molecule has 6 nitrogen and oxygen atoms in total. The van der Waals surface area contributed by atoms with Crippen LogP contribution in [0.3, 0.4) is 0 Å². The summed E-state index contributed by atoms with van der Waals surface area (Å²) >= 11 is 0. The lowest BCUT2D eigenvalue weighted by Gasteiger charge is -2.30. The SMILES string of the molecule is CCCC[C@H](N)C(=O)N(CCOC)C1CCS(=O)(=O)C1. The third-order valence-corrected chi connectivity index (χ3v) is 5.40. The van der Waals surface area contributed by atoms with Gasteiger partial charge in [0.15, 0.2) is 9.84 Å². The number of sulfone groups is 1. The van der Waals surface area contributed by atoms with Gasteiger partial charge in [-0.05, 0) is 12.8 Å². The molecule has 0 saturated carbocycles. The van der Waals surface area contributed by atoms with Crippen LogP contribution in [0, 0.1) is 0 Å². The summed E-state index contributed by atoms with van der Waals surface area (Å²) in [6, 6.07) is -0.801. The van der Waals surface area contributed by atoms with Crippen molar-refractivity contribution >= 4 is 15.7 Å². The molecule has 1 aliphatic heterocycles. The molecule has 0 spiro atoms. The van der Waals surface area contributed by atoms with Crippen LogP contribution in [-0.2, 0) is 19.4 Å². The minimum Gasteiger partial charge on any atom is -0.383 e. The molecule has 2 atom stereocenters. The Morgan fingerprint density at radius 2 is 2.20 bits per heavy atom. The number of unbranched alkanes of at least 4 members (excludes halogenated alkanes) is 1. The maximum atomic E-state index is 12.4. The van der Waals surface area contributed by atoms with Crippen molar-refractivity contribution in [2.24, 2.45) is 5.73 Å². The molecule has 0 aliphatic carbocycles. The van der Waals surface area contributed by atoms with Crippen molar-refractivity contribution in [1.82, 2.24) is 4.90 Å². The van der Waals surface area contributed by atoms with Gasteiger partial charge in [-0.3, -0.25) is 4.79 Å². The maximum absolute atomic E-state index is 12.4. The van der Waals surface area contributed by atoms with Crippen molar-refractivity contribution < 1.29 is 17.9 Å². The van der Waals surface area contributed by atoms with Gasteiger partial charge in [-0.1, -0.05) is 19.8 Å². The van der Waals surface area contributed by atoms with Crippen LogP contribution < -0.4 is 5.73 Å². The topological polar surface area (TPSA) is 89.7 Å². The molecule has 1 fully saturated rings. The Kier molecular flexibility index (Phi) is 6.91. The highest BCUT2D eigenvalue weighted by Gasteiger charge is 2.35. The first-order valence-electron chi connectivity index (χ1n) is 7.16. The normalized spacial score (nSPS) is 22.6. The Morgan fingerprint density at radius 3 is 2.70 bits per heavy atom. The Balaban J connectivity index is 2.70. The number of nitrogens with zero attached hydrogens (tertiary/aromatic N) is 1. The fraction of sp³-hybridized carbons (Fsp3) is 0.923. The van der Waals surface area contributed by atoms with E-state index in [1.807, 2.05) is 6.92 Å². The van der Waals surface area contributed by atoms with Crippen molar-refractivity contribution in [3.05, 3.63) is 0 Å². The zero-order valence-corrected chi connectivity index (χ0v) is 13.2. The van der Waals surface area contributed by atoms with Crippen LogP contribution in [0.2, 0.25) is 0 Å². The van der Waals surface area contributed by atoms with Gasteiger partial charge in [0, 0.05) is 19.7 Å². The molecule has 0 radical (unpaired) electrons. The number of amides is 1. The molecular formula is C13H26N2O4S. The number of methoxy groups -OCH3 is 1. The van der Waals surface area contributed by atoms with Crippen LogP contribution in [0.25, 0.3) is 0 Å². The number of carbonyl (C=O) groups is 1. The second-order valence-corrected chi connectivity index (χ2v) is 7.56. The lowest BCUT2D eigenvalue weighted by molar-refractivity contribution is -0.135. The Labute approximate surface area is 121 Å². The van der Waals surface area contributed by atoms with E-state index < -0.39 is 15.9 Å². The predicted octanol–water partition coefficient (Wildman–Crippen LogP) is 0.166. The number of ether oxygens (including phenoxy) is 1. The van der Waals surface area contributed by atoms with Gasteiger partial charge in [-0.25, -0.2) is 8.42 Å². The molecule has 1 amide bonds. The highest BCUT2D eigenvalue weighted by atomic mass is 32.2. The van der Waals surface area contributed by atoms with Crippen molar-refractivity contribution in [2.75, 3.05) is 31.8 Å². The van der Waals surface area contributed by atoms with Crippen LogP contribution in [0.5, 0.6) is 0 Å². The second-order valence-electron chi connectivity index (χ2n) is 5.33. The minimum atomic E-state index is -3.02. The second kappa shape index (κ2) is 7.95. The summed E-state index contributed by atoms with van der Waals surface area (Å²) in [6.45, 7) is 2.83. The summed E-state index contributed by atoms with van der Waals surface area (Å²) in [5.41, 5.74) is 5.93. The molecule has 1 aliphatic rings. The van der Waals surface area contributed by atoms with Crippen LogP contribution in [0.1, 0.15) is 32.6 Å². The smallest absolute Gasteiger partial charge is 0.239 e. The van der Waals surface area contributed by atoms with E-state index in [0.29, 0.717) is 26.0 Å². The van der Waals surface area contributed by atoms with E-state index in [1.165, 1.54) is 0 Å². The van der Waals surface area contributed by atoms with Gasteiger partial charge in [-0.2, -0.15) is 0 Å². The molecule has 1 heterocycles. The van der Waals surface area contributed by atoms with Gasteiger partial charge in [0.25, 0.3) is 0 Å². The lowest BCUT2D eigenvalue weighted by atomic mass is 10.1. The van der Waals surface area contributed by atoms with Crippen LogP contribution in [-0.4, -0.2) is 63.1 Å². The quantitative estimate of drug-likeness (QED) is 0.690. The fourth-order valence-corrected chi connectivity index (χ4v) is 4.17. The van der Waals surface area contributed by atoms with Gasteiger partial charge in [0.2, 0.25) is 5.91 Å². The molecule has 7 heteroatoms. The van der Waals surface area contributed by atoms with Crippen molar-refractivity contribution in [3.8, 4) is 0 Å². The molecule has 2 N–H and O–H groups in total. The minimum absolute atomic E-state index is 0.0446. The van der Waals surface area contributed by atoms with E-state index in [4.69, 9.17) is 10.5 Å². The summed E-state index contributed by atoms with van der Waals surface area (Å²) in [6.07, 6.45) is 3.02. The number of hydrogen-bond acceptors (Lipinski definition) is 5. The molecule has 1 saturated heterocycles. The first kappa shape index (κ1) is 17.4.